The molecule has 212 valence electrons. The zero-order valence-corrected chi connectivity index (χ0v) is 22.4. The second-order valence-electron chi connectivity index (χ2n) is 9.46. The molecule has 0 fully saturated rings. The maximum atomic E-state index is 13.7. The first-order valence-corrected chi connectivity index (χ1v) is 13.6. The van der Waals surface area contributed by atoms with Crippen molar-refractivity contribution >= 4 is 45.2 Å². The number of carbonyl (C=O) groups is 3. The van der Waals surface area contributed by atoms with E-state index in [-0.39, 0.29) is 25.0 Å². The number of benzene rings is 1. The molecule has 6 N–H and O–H groups in total. The van der Waals surface area contributed by atoms with E-state index in [1.54, 1.807) is 19.9 Å². The van der Waals surface area contributed by atoms with E-state index in [9.17, 15) is 37.4 Å². The van der Waals surface area contributed by atoms with Crippen molar-refractivity contribution in [3.63, 3.8) is 0 Å². The largest absolute Gasteiger partial charge is 0.393 e. The molecule has 2 atom stereocenters. The van der Waals surface area contributed by atoms with Crippen molar-refractivity contribution in [3.05, 3.63) is 52.1 Å². The molecule has 1 aromatic heterocycles. The third-order valence-corrected chi connectivity index (χ3v) is 6.97. The van der Waals surface area contributed by atoms with Gasteiger partial charge in [0, 0.05) is 36.2 Å². The van der Waals surface area contributed by atoms with Crippen LogP contribution in [0, 0.1) is 19.7 Å². The Morgan fingerprint density at radius 2 is 1.90 bits per heavy atom. The van der Waals surface area contributed by atoms with Crippen molar-refractivity contribution in [3.8, 4) is 0 Å². The SMILES string of the molecule is Cc1[nH]c(/C=C2\C(=O)Nc3ccc(F)cc32)c(C)c1C(=O)NCC[C@@H](O)C[C@@H](O)CC(=O)N(C)CS(=O)(=O)O. The lowest BCUT2D eigenvalue weighted by Gasteiger charge is -2.19. The number of aliphatic hydroxyl groups excluding tert-OH is 2. The van der Waals surface area contributed by atoms with E-state index in [4.69, 9.17) is 4.55 Å². The van der Waals surface area contributed by atoms with Crippen molar-refractivity contribution in [2.75, 3.05) is 24.8 Å². The minimum Gasteiger partial charge on any atom is -0.393 e. The van der Waals surface area contributed by atoms with Gasteiger partial charge in [-0.05, 0) is 56.5 Å². The Bertz CT molecular complexity index is 1420. The van der Waals surface area contributed by atoms with Gasteiger partial charge in [-0.2, -0.15) is 8.42 Å². The smallest absolute Gasteiger partial charge is 0.283 e. The molecule has 3 rings (SSSR count). The van der Waals surface area contributed by atoms with Gasteiger partial charge in [0.05, 0.1) is 29.8 Å². The van der Waals surface area contributed by atoms with Crippen LogP contribution in [0.1, 0.15) is 52.1 Å². The van der Waals surface area contributed by atoms with E-state index in [0.717, 1.165) is 11.9 Å². The summed E-state index contributed by atoms with van der Waals surface area (Å²) in [4.78, 5) is 41.0. The third-order valence-electron chi connectivity index (χ3n) is 6.26. The summed E-state index contributed by atoms with van der Waals surface area (Å²) < 4.78 is 44.3. The van der Waals surface area contributed by atoms with Gasteiger partial charge in [0.15, 0.2) is 0 Å². The van der Waals surface area contributed by atoms with Gasteiger partial charge >= 0.3 is 0 Å². The summed E-state index contributed by atoms with van der Waals surface area (Å²) in [6.07, 6.45) is -1.34. The summed E-state index contributed by atoms with van der Waals surface area (Å²) in [5.41, 5.74) is 3.13. The number of hydrogen-bond acceptors (Lipinski definition) is 7. The number of aromatic amines is 1. The van der Waals surface area contributed by atoms with E-state index < -0.39 is 58.2 Å². The van der Waals surface area contributed by atoms with Crippen molar-refractivity contribution in [1.82, 2.24) is 15.2 Å². The lowest BCUT2D eigenvalue weighted by Crippen LogP contribution is -2.35. The van der Waals surface area contributed by atoms with Gasteiger partial charge in [0.1, 0.15) is 11.7 Å². The molecule has 1 aliphatic rings. The molecule has 1 aromatic carbocycles. The number of halogens is 1. The lowest BCUT2D eigenvalue weighted by molar-refractivity contribution is -0.131. The van der Waals surface area contributed by atoms with Gasteiger partial charge in [-0.25, -0.2) is 4.39 Å². The number of amides is 3. The fraction of sp³-hybridized carbons (Fsp3) is 0.400. The van der Waals surface area contributed by atoms with Crippen LogP contribution in [0.2, 0.25) is 0 Å². The average Bonchev–Trinajstić information content (AvgIpc) is 3.26. The third kappa shape index (κ3) is 7.72. The Morgan fingerprint density at radius 3 is 2.56 bits per heavy atom. The molecule has 14 heteroatoms. The van der Waals surface area contributed by atoms with Crippen LogP contribution in [0.25, 0.3) is 11.6 Å². The first-order valence-electron chi connectivity index (χ1n) is 12.0. The zero-order valence-electron chi connectivity index (χ0n) is 21.6. The molecule has 0 spiro atoms. The molecule has 39 heavy (non-hydrogen) atoms. The van der Waals surface area contributed by atoms with E-state index in [0.29, 0.717) is 33.8 Å². The van der Waals surface area contributed by atoms with Crippen LogP contribution >= 0.6 is 0 Å². The molecule has 2 heterocycles. The lowest BCUT2D eigenvalue weighted by atomic mass is 10.0. The molecule has 12 nitrogen and oxygen atoms in total. The number of nitrogens with one attached hydrogen (secondary N) is 3. The molecule has 3 amide bonds. The predicted molar refractivity (Wildman–Crippen MR) is 141 cm³/mol. The van der Waals surface area contributed by atoms with Gasteiger partial charge < -0.3 is 30.7 Å². The van der Waals surface area contributed by atoms with E-state index >= 15 is 0 Å². The number of aryl methyl sites for hydroxylation is 1. The summed E-state index contributed by atoms with van der Waals surface area (Å²) in [5.74, 6) is -2.95. The number of hydrogen-bond donors (Lipinski definition) is 6. The number of H-pyrrole nitrogens is 1. The summed E-state index contributed by atoms with van der Waals surface area (Å²) >= 11 is 0. The molecule has 1 aliphatic heterocycles. The van der Waals surface area contributed by atoms with Crippen molar-refractivity contribution in [2.24, 2.45) is 0 Å². The fourth-order valence-corrected chi connectivity index (χ4v) is 4.97. The minimum atomic E-state index is -4.40. The molecule has 0 radical (unpaired) electrons. The van der Waals surface area contributed by atoms with Gasteiger partial charge in [-0.15, -0.1) is 0 Å². The molecular formula is C25H31FN4O8S. The average molecular weight is 567 g/mol. The number of fused-ring (bicyclic) bond motifs is 1. The Morgan fingerprint density at radius 1 is 1.21 bits per heavy atom. The van der Waals surface area contributed by atoms with E-state index in [2.05, 4.69) is 15.6 Å². The van der Waals surface area contributed by atoms with Gasteiger partial charge in [0.25, 0.3) is 21.9 Å². The second-order valence-corrected chi connectivity index (χ2v) is 10.9. The molecule has 0 unspecified atom stereocenters. The Hall–Kier alpha value is -3.59. The van der Waals surface area contributed by atoms with Gasteiger partial charge in [0.2, 0.25) is 5.91 Å². The highest BCUT2D eigenvalue weighted by atomic mass is 32.2. The van der Waals surface area contributed by atoms with Crippen LogP contribution in [0.15, 0.2) is 18.2 Å². The normalized spacial score (nSPS) is 15.6. The highest BCUT2D eigenvalue weighted by Crippen LogP contribution is 2.34. The van der Waals surface area contributed by atoms with Gasteiger partial charge in [-0.3, -0.25) is 18.9 Å². The number of anilines is 1. The molecule has 0 saturated carbocycles. The molecule has 2 aromatic rings. The second kappa shape index (κ2) is 12.1. The molecule has 0 saturated heterocycles. The van der Waals surface area contributed by atoms with Crippen LogP contribution in [0.5, 0.6) is 0 Å². The number of carbonyl (C=O) groups excluding carboxylic acids is 3. The van der Waals surface area contributed by atoms with Crippen LogP contribution < -0.4 is 10.6 Å². The standard InChI is InChI=1S/C25H31FN4O8S/c1-13-21(11-19-18-8-15(26)4-5-20(18)29-24(19)34)28-14(2)23(13)25(35)27-7-6-16(31)9-17(32)10-22(33)30(3)12-39(36,37)38/h4-5,8,11,16-17,28,31-32H,6-7,9-10,12H2,1-3H3,(H,27,35)(H,29,34)(H,36,37,38)/b19-11-/t16-,17-/m1/s1. The minimum absolute atomic E-state index is 0.0544. The highest BCUT2D eigenvalue weighted by molar-refractivity contribution is 7.85. The first kappa shape index (κ1) is 30.0. The predicted octanol–water partition coefficient (Wildman–Crippen LogP) is 1.19. The van der Waals surface area contributed by atoms with Crippen LogP contribution in [-0.2, 0) is 19.7 Å². The maximum Gasteiger partial charge on any atom is 0.283 e. The first-order chi connectivity index (χ1) is 18.2. The van der Waals surface area contributed by atoms with Crippen molar-refractivity contribution in [1.29, 1.82) is 0 Å². The zero-order chi connectivity index (χ0) is 29.1. The number of rotatable bonds is 11. The highest BCUT2D eigenvalue weighted by Gasteiger charge is 2.26. The summed E-state index contributed by atoms with van der Waals surface area (Å²) in [7, 11) is -3.24. The topological polar surface area (TPSA) is 189 Å². The summed E-state index contributed by atoms with van der Waals surface area (Å²) in [5, 5.41) is 25.6. The number of nitrogens with zero attached hydrogens (tertiary/aromatic N) is 1. The van der Waals surface area contributed by atoms with Crippen LogP contribution in [0.4, 0.5) is 10.1 Å². The van der Waals surface area contributed by atoms with Gasteiger partial charge in [-0.1, -0.05) is 0 Å². The fourth-order valence-electron chi connectivity index (χ4n) is 4.34. The van der Waals surface area contributed by atoms with E-state index in [1.165, 1.54) is 18.2 Å². The van der Waals surface area contributed by atoms with Crippen molar-refractivity contribution < 1.29 is 42.0 Å². The van der Waals surface area contributed by atoms with Crippen LogP contribution in [0.3, 0.4) is 0 Å². The summed E-state index contributed by atoms with van der Waals surface area (Å²) in [6, 6.07) is 3.98. The maximum absolute atomic E-state index is 13.7. The molecule has 0 aliphatic carbocycles. The molecular weight excluding hydrogens is 535 g/mol. The monoisotopic (exact) mass is 566 g/mol. The quantitative estimate of drug-likeness (QED) is 0.173. The Balaban J connectivity index is 1.56. The van der Waals surface area contributed by atoms with Crippen LogP contribution in [-0.4, -0.2) is 82.5 Å². The Kier molecular flexibility index (Phi) is 9.27. The summed E-state index contributed by atoms with van der Waals surface area (Å²) in [6.45, 7) is 3.44. The number of aliphatic hydroxyl groups is 2. The molecule has 0 bridgehead atoms. The van der Waals surface area contributed by atoms with Crippen molar-refractivity contribution in [2.45, 2.75) is 45.3 Å². The Labute approximate surface area is 224 Å². The van der Waals surface area contributed by atoms with E-state index in [1.807, 2.05) is 0 Å². The number of aromatic nitrogens is 1.